The van der Waals surface area contributed by atoms with E-state index in [4.69, 9.17) is 22.6 Å². The predicted octanol–water partition coefficient (Wildman–Crippen LogP) is 0.0430. The SMILES string of the molecule is C#CCOCc1cc(NC(=O)C(N)CCCNC(N)=O)ccc1CO. The zero-order valence-corrected chi connectivity index (χ0v) is 14.0. The Labute approximate surface area is 146 Å². The smallest absolute Gasteiger partial charge is 0.312 e. The zero-order valence-electron chi connectivity index (χ0n) is 14.0. The molecule has 1 atom stereocenters. The lowest BCUT2D eigenvalue weighted by Gasteiger charge is -2.14. The van der Waals surface area contributed by atoms with Gasteiger partial charge in [0.25, 0.3) is 0 Å². The summed E-state index contributed by atoms with van der Waals surface area (Å²) in [6.07, 6.45) is 6.07. The fourth-order valence-corrected chi connectivity index (χ4v) is 2.11. The molecule has 8 nitrogen and oxygen atoms in total. The molecule has 1 unspecified atom stereocenters. The second kappa shape index (κ2) is 11.0. The van der Waals surface area contributed by atoms with Crippen LogP contribution in [0.3, 0.4) is 0 Å². The number of carbonyl (C=O) groups excluding carboxylic acids is 2. The predicted molar refractivity (Wildman–Crippen MR) is 94.3 cm³/mol. The zero-order chi connectivity index (χ0) is 18.7. The van der Waals surface area contributed by atoms with Crippen LogP contribution in [-0.4, -0.2) is 36.2 Å². The van der Waals surface area contributed by atoms with Crippen LogP contribution in [-0.2, 0) is 22.7 Å². The first-order valence-electron chi connectivity index (χ1n) is 7.81. The van der Waals surface area contributed by atoms with Gasteiger partial charge in [-0.05, 0) is 36.1 Å². The summed E-state index contributed by atoms with van der Waals surface area (Å²) in [6.45, 7) is 0.605. The van der Waals surface area contributed by atoms with E-state index in [0.29, 0.717) is 30.6 Å². The summed E-state index contributed by atoms with van der Waals surface area (Å²) in [5, 5.41) is 14.5. The molecule has 3 amide bonds. The molecule has 0 saturated heterocycles. The molecule has 136 valence electrons. The number of urea groups is 1. The van der Waals surface area contributed by atoms with Gasteiger partial charge in [-0.2, -0.15) is 0 Å². The van der Waals surface area contributed by atoms with Gasteiger partial charge in [-0.1, -0.05) is 12.0 Å². The van der Waals surface area contributed by atoms with E-state index < -0.39 is 12.1 Å². The van der Waals surface area contributed by atoms with Crippen molar-refractivity contribution in [2.24, 2.45) is 11.5 Å². The van der Waals surface area contributed by atoms with Crippen LogP contribution in [0.4, 0.5) is 10.5 Å². The number of primary amides is 1. The Bertz CT molecular complexity index is 628. The Kier molecular flexibility index (Phi) is 9.03. The molecule has 1 rings (SSSR count). The van der Waals surface area contributed by atoms with Gasteiger partial charge in [-0.3, -0.25) is 4.79 Å². The summed E-state index contributed by atoms with van der Waals surface area (Å²) in [6, 6.07) is 3.76. The number of anilines is 1. The van der Waals surface area contributed by atoms with Gasteiger partial charge in [0.15, 0.2) is 0 Å². The van der Waals surface area contributed by atoms with E-state index in [9.17, 15) is 14.7 Å². The fraction of sp³-hybridized carbons (Fsp3) is 0.412. The highest BCUT2D eigenvalue weighted by atomic mass is 16.5. The minimum Gasteiger partial charge on any atom is -0.392 e. The monoisotopic (exact) mass is 348 g/mol. The largest absolute Gasteiger partial charge is 0.392 e. The first-order valence-corrected chi connectivity index (χ1v) is 7.81. The molecule has 0 aliphatic heterocycles. The second-order valence-corrected chi connectivity index (χ2v) is 5.37. The van der Waals surface area contributed by atoms with Crippen molar-refractivity contribution in [1.29, 1.82) is 0 Å². The maximum Gasteiger partial charge on any atom is 0.312 e. The molecular formula is C17H24N4O4. The maximum atomic E-state index is 12.1. The number of aliphatic hydroxyl groups is 1. The molecule has 0 bridgehead atoms. The van der Waals surface area contributed by atoms with Crippen molar-refractivity contribution in [2.45, 2.75) is 32.1 Å². The molecule has 0 saturated carbocycles. The van der Waals surface area contributed by atoms with Crippen LogP contribution in [0.1, 0.15) is 24.0 Å². The van der Waals surface area contributed by atoms with Crippen LogP contribution < -0.4 is 22.1 Å². The van der Waals surface area contributed by atoms with E-state index in [2.05, 4.69) is 16.6 Å². The fourth-order valence-electron chi connectivity index (χ4n) is 2.11. The molecule has 8 heteroatoms. The molecule has 0 fully saturated rings. The Balaban J connectivity index is 2.59. The van der Waals surface area contributed by atoms with Gasteiger partial charge >= 0.3 is 6.03 Å². The summed E-state index contributed by atoms with van der Waals surface area (Å²) < 4.78 is 5.27. The highest BCUT2D eigenvalue weighted by Crippen LogP contribution is 2.17. The molecule has 0 aromatic heterocycles. The van der Waals surface area contributed by atoms with Gasteiger partial charge in [-0.25, -0.2) is 4.79 Å². The van der Waals surface area contributed by atoms with Crippen molar-refractivity contribution in [1.82, 2.24) is 5.32 Å². The number of terminal acetylenes is 1. The molecule has 0 aliphatic rings. The Morgan fingerprint density at radius 3 is 2.76 bits per heavy atom. The number of rotatable bonds is 10. The number of benzene rings is 1. The Morgan fingerprint density at radius 1 is 1.36 bits per heavy atom. The van der Waals surface area contributed by atoms with E-state index in [1.54, 1.807) is 18.2 Å². The highest BCUT2D eigenvalue weighted by molar-refractivity contribution is 5.94. The minimum absolute atomic E-state index is 0.144. The van der Waals surface area contributed by atoms with Crippen LogP contribution in [0.2, 0.25) is 0 Å². The second-order valence-electron chi connectivity index (χ2n) is 5.37. The number of amides is 3. The van der Waals surface area contributed by atoms with E-state index in [-0.39, 0.29) is 25.7 Å². The standard InChI is InChI=1S/C17H24N4O4/c1-2-8-25-11-13-9-14(6-5-12(13)10-22)21-16(23)15(18)4-3-7-20-17(19)24/h1,5-6,9,15,22H,3-4,7-8,10-11,18H2,(H,21,23)(H3,19,20,24). The quantitative estimate of drug-likeness (QED) is 0.300. The topological polar surface area (TPSA) is 140 Å². The number of nitrogens with one attached hydrogen (secondary N) is 2. The van der Waals surface area contributed by atoms with Crippen LogP contribution >= 0.6 is 0 Å². The number of aliphatic hydroxyl groups excluding tert-OH is 1. The molecule has 25 heavy (non-hydrogen) atoms. The Hall–Kier alpha value is -2.60. The molecular weight excluding hydrogens is 324 g/mol. The maximum absolute atomic E-state index is 12.1. The van der Waals surface area contributed by atoms with E-state index in [1.165, 1.54) is 0 Å². The van der Waals surface area contributed by atoms with Crippen molar-refractivity contribution in [3.8, 4) is 12.3 Å². The van der Waals surface area contributed by atoms with Gasteiger partial charge in [-0.15, -0.1) is 6.42 Å². The first-order chi connectivity index (χ1) is 12.0. The molecule has 1 aromatic carbocycles. The van der Waals surface area contributed by atoms with Crippen LogP contribution in [0.15, 0.2) is 18.2 Å². The van der Waals surface area contributed by atoms with Gasteiger partial charge in [0, 0.05) is 12.2 Å². The Morgan fingerprint density at radius 2 is 2.12 bits per heavy atom. The van der Waals surface area contributed by atoms with Crippen molar-refractivity contribution < 1.29 is 19.4 Å². The van der Waals surface area contributed by atoms with E-state index in [0.717, 1.165) is 5.56 Å². The number of ether oxygens (including phenoxy) is 1. The summed E-state index contributed by atoms with van der Waals surface area (Å²) in [4.78, 5) is 22.7. The molecule has 0 aliphatic carbocycles. The first kappa shape index (κ1) is 20.4. The van der Waals surface area contributed by atoms with E-state index in [1.807, 2.05) is 0 Å². The van der Waals surface area contributed by atoms with Crippen LogP contribution in [0.25, 0.3) is 0 Å². The molecule has 0 heterocycles. The molecule has 7 N–H and O–H groups in total. The van der Waals surface area contributed by atoms with Crippen molar-refractivity contribution >= 4 is 17.6 Å². The number of hydrogen-bond donors (Lipinski definition) is 5. The van der Waals surface area contributed by atoms with Gasteiger partial charge < -0.3 is 31.9 Å². The third-order valence-corrected chi connectivity index (χ3v) is 3.42. The van der Waals surface area contributed by atoms with Gasteiger partial charge in [0.05, 0.1) is 19.3 Å². The molecule has 0 spiro atoms. The van der Waals surface area contributed by atoms with Crippen molar-refractivity contribution in [3.05, 3.63) is 29.3 Å². The number of hydrogen-bond acceptors (Lipinski definition) is 5. The third kappa shape index (κ3) is 7.67. The summed E-state index contributed by atoms with van der Waals surface area (Å²) >= 11 is 0. The highest BCUT2D eigenvalue weighted by Gasteiger charge is 2.14. The normalized spacial score (nSPS) is 11.4. The number of carbonyl (C=O) groups is 2. The summed E-state index contributed by atoms with van der Waals surface area (Å²) in [7, 11) is 0. The average Bonchev–Trinajstić information content (AvgIpc) is 2.58. The lowest BCUT2D eigenvalue weighted by atomic mass is 10.1. The third-order valence-electron chi connectivity index (χ3n) is 3.42. The van der Waals surface area contributed by atoms with Crippen LogP contribution in [0.5, 0.6) is 0 Å². The summed E-state index contributed by atoms with van der Waals surface area (Å²) in [5.74, 6) is 2.02. The van der Waals surface area contributed by atoms with Gasteiger partial charge in [0.2, 0.25) is 5.91 Å². The van der Waals surface area contributed by atoms with Gasteiger partial charge in [0.1, 0.15) is 6.61 Å². The minimum atomic E-state index is -0.715. The lowest BCUT2D eigenvalue weighted by Crippen LogP contribution is -2.37. The average molecular weight is 348 g/mol. The molecule has 0 radical (unpaired) electrons. The lowest BCUT2D eigenvalue weighted by molar-refractivity contribution is -0.117. The van der Waals surface area contributed by atoms with Crippen molar-refractivity contribution in [3.63, 3.8) is 0 Å². The van der Waals surface area contributed by atoms with Crippen LogP contribution in [0, 0.1) is 12.3 Å². The van der Waals surface area contributed by atoms with Crippen molar-refractivity contribution in [2.75, 3.05) is 18.5 Å². The molecule has 1 aromatic rings. The number of nitrogens with two attached hydrogens (primary N) is 2. The van der Waals surface area contributed by atoms with E-state index >= 15 is 0 Å². The summed E-state index contributed by atoms with van der Waals surface area (Å²) in [5.41, 5.74) is 12.8.